The van der Waals surface area contributed by atoms with Gasteiger partial charge in [0.15, 0.2) is 28.7 Å². The zero-order valence-corrected chi connectivity index (χ0v) is 23.2. The van der Waals surface area contributed by atoms with Gasteiger partial charge in [0, 0.05) is 12.1 Å². The van der Waals surface area contributed by atoms with Gasteiger partial charge in [-0.3, -0.25) is 0 Å². The van der Waals surface area contributed by atoms with Crippen LogP contribution in [0.25, 0.3) is 0 Å². The molecule has 0 saturated heterocycles. The summed E-state index contributed by atoms with van der Waals surface area (Å²) in [6.45, 7) is 4.01. The van der Waals surface area contributed by atoms with Crippen molar-refractivity contribution in [2.75, 3.05) is 15.1 Å². The van der Waals surface area contributed by atoms with Crippen molar-refractivity contribution in [1.82, 2.24) is 0 Å². The minimum absolute atomic E-state index is 0.751. The minimum atomic E-state index is 0.751. The van der Waals surface area contributed by atoms with Crippen LogP contribution in [0.5, 0.6) is 28.7 Å². The molecule has 3 heterocycles. The predicted octanol–water partition coefficient (Wildman–Crippen LogP) is 10.4. The van der Waals surface area contributed by atoms with Crippen LogP contribution in [-0.2, 0) is 0 Å². The number of fused-ring (bicyclic) bond motifs is 5. The molecule has 0 unspecified atom stereocenters. The van der Waals surface area contributed by atoms with Gasteiger partial charge in [-0.15, -0.1) is 0 Å². The molecule has 6 nitrogen and oxygen atoms in total. The Labute approximate surface area is 244 Å². The Balaban J connectivity index is 1.19. The second-order valence-corrected chi connectivity index (χ2v) is 10.3. The number of allylic oxidation sites excluding steroid dienone is 3. The van der Waals surface area contributed by atoms with Gasteiger partial charge in [0.1, 0.15) is 5.76 Å². The quantitative estimate of drug-likeness (QED) is 0.237. The molecule has 0 saturated carbocycles. The first-order chi connectivity index (χ1) is 20.7. The normalized spacial score (nSPS) is 14.4. The van der Waals surface area contributed by atoms with Crippen LogP contribution >= 0.6 is 0 Å². The molecule has 0 bridgehead atoms. The third-order valence-corrected chi connectivity index (χ3v) is 7.66. The van der Waals surface area contributed by atoms with Crippen LogP contribution in [-0.4, -0.2) is 0 Å². The molecule has 0 spiro atoms. The van der Waals surface area contributed by atoms with E-state index in [0.29, 0.717) is 0 Å². The molecule has 0 radical (unpaired) electrons. The number of hydrogen-bond acceptors (Lipinski definition) is 6. The Morgan fingerprint density at radius 2 is 1.02 bits per heavy atom. The number of para-hydroxylation sites is 6. The second-order valence-electron chi connectivity index (χ2n) is 10.3. The summed E-state index contributed by atoms with van der Waals surface area (Å²) in [5, 5.41) is 3.57. The Kier molecular flexibility index (Phi) is 5.47. The van der Waals surface area contributed by atoms with Crippen LogP contribution in [0, 0.1) is 0 Å². The summed E-state index contributed by atoms with van der Waals surface area (Å²) in [6, 6.07) is 36.8. The smallest absolute Gasteiger partial charge is 0.153 e. The van der Waals surface area contributed by atoms with Crippen molar-refractivity contribution in [3.63, 3.8) is 0 Å². The Morgan fingerprint density at radius 1 is 0.548 bits per heavy atom. The maximum atomic E-state index is 6.61. The summed E-state index contributed by atoms with van der Waals surface area (Å²) >= 11 is 0. The molecular weight excluding hydrogens is 522 g/mol. The lowest BCUT2D eigenvalue weighted by atomic mass is 10.1. The maximum absolute atomic E-state index is 6.61. The molecule has 204 valence electrons. The fourth-order valence-corrected chi connectivity index (χ4v) is 5.78. The number of anilines is 7. The van der Waals surface area contributed by atoms with Crippen LogP contribution in [0.2, 0.25) is 0 Å². The van der Waals surface area contributed by atoms with Crippen molar-refractivity contribution in [1.29, 1.82) is 0 Å². The van der Waals surface area contributed by atoms with E-state index in [9.17, 15) is 0 Å². The lowest BCUT2D eigenvalue weighted by Gasteiger charge is -2.34. The standard InChI is InChI=1S/C36H27N3O3/c1-3-10-28-23(2)40-32-14-7-4-11-29(32)38(28)24-17-19-26-35(21-24)42-36-22-25(18-20-27(36)37-26)39-30-12-5-8-15-33(30)41-34-16-9-6-13-31(34)39/h3-22,37H,1-2H3/b10-3-. The highest BCUT2D eigenvalue weighted by atomic mass is 16.5. The van der Waals surface area contributed by atoms with E-state index < -0.39 is 0 Å². The van der Waals surface area contributed by atoms with Gasteiger partial charge in [-0.1, -0.05) is 42.5 Å². The molecule has 0 aromatic heterocycles. The van der Waals surface area contributed by atoms with Gasteiger partial charge in [-0.05, 0) is 80.6 Å². The largest absolute Gasteiger partial charge is 0.458 e. The Bertz CT molecular complexity index is 1900. The van der Waals surface area contributed by atoms with Gasteiger partial charge < -0.3 is 29.3 Å². The molecular formula is C36H27N3O3. The highest BCUT2D eigenvalue weighted by Crippen LogP contribution is 2.53. The van der Waals surface area contributed by atoms with Gasteiger partial charge in [0.05, 0.1) is 45.5 Å². The van der Waals surface area contributed by atoms with E-state index in [1.807, 2.05) is 74.5 Å². The summed E-state index contributed by atoms with van der Waals surface area (Å²) in [5.41, 5.74) is 7.70. The summed E-state index contributed by atoms with van der Waals surface area (Å²) in [4.78, 5) is 4.43. The number of hydrogen-bond donors (Lipinski definition) is 1. The van der Waals surface area contributed by atoms with Crippen LogP contribution in [0.1, 0.15) is 13.8 Å². The zero-order chi connectivity index (χ0) is 28.2. The lowest BCUT2D eigenvalue weighted by Crippen LogP contribution is -2.23. The number of nitrogens with one attached hydrogen (secondary N) is 1. The van der Waals surface area contributed by atoms with Crippen molar-refractivity contribution in [2.24, 2.45) is 0 Å². The molecule has 8 rings (SSSR count). The summed E-state index contributed by atoms with van der Waals surface area (Å²) in [5.74, 6) is 4.79. The molecule has 42 heavy (non-hydrogen) atoms. The van der Waals surface area contributed by atoms with E-state index in [0.717, 1.165) is 80.0 Å². The Hall–Kier alpha value is -5.62. The molecule has 5 aromatic carbocycles. The van der Waals surface area contributed by atoms with Crippen molar-refractivity contribution in [3.05, 3.63) is 133 Å². The van der Waals surface area contributed by atoms with E-state index in [1.54, 1.807) is 0 Å². The van der Waals surface area contributed by atoms with Crippen LogP contribution < -0.4 is 29.3 Å². The molecule has 0 aliphatic carbocycles. The molecule has 1 N–H and O–H groups in total. The first-order valence-corrected chi connectivity index (χ1v) is 14.0. The highest BCUT2D eigenvalue weighted by molar-refractivity contribution is 5.89. The average molecular weight is 550 g/mol. The molecule has 0 amide bonds. The molecule has 0 fully saturated rings. The minimum Gasteiger partial charge on any atom is -0.458 e. The molecule has 3 aliphatic heterocycles. The number of rotatable bonds is 3. The highest BCUT2D eigenvalue weighted by Gasteiger charge is 2.29. The second kappa shape index (κ2) is 9.49. The topological polar surface area (TPSA) is 46.2 Å². The molecule has 0 atom stereocenters. The molecule has 3 aliphatic rings. The van der Waals surface area contributed by atoms with Gasteiger partial charge in [-0.25, -0.2) is 0 Å². The predicted molar refractivity (Wildman–Crippen MR) is 168 cm³/mol. The summed E-state index contributed by atoms with van der Waals surface area (Å²) < 4.78 is 19.0. The van der Waals surface area contributed by atoms with E-state index in [-0.39, 0.29) is 0 Å². The third-order valence-electron chi connectivity index (χ3n) is 7.66. The lowest BCUT2D eigenvalue weighted by molar-refractivity contribution is 0.414. The fraction of sp³-hybridized carbons (Fsp3) is 0.0556. The van der Waals surface area contributed by atoms with Crippen molar-refractivity contribution in [3.8, 4) is 28.7 Å². The van der Waals surface area contributed by atoms with Gasteiger partial charge >= 0.3 is 0 Å². The number of nitrogens with zero attached hydrogens (tertiary/aromatic N) is 2. The first kappa shape index (κ1) is 24.2. The SMILES string of the molecule is C/C=C\C1=C(C)Oc2ccccc2N1c1ccc2c(c1)Oc1cc(N3c4ccccc4Oc4ccccc43)ccc1N2. The molecule has 6 heteroatoms. The molecule has 5 aromatic rings. The van der Waals surface area contributed by atoms with E-state index in [4.69, 9.17) is 14.2 Å². The van der Waals surface area contributed by atoms with Gasteiger partial charge in [0.2, 0.25) is 0 Å². The monoisotopic (exact) mass is 549 g/mol. The van der Waals surface area contributed by atoms with Crippen LogP contribution in [0.4, 0.5) is 39.8 Å². The van der Waals surface area contributed by atoms with Gasteiger partial charge in [0.25, 0.3) is 0 Å². The van der Waals surface area contributed by atoms with Crippen molar-refractivity contribution in [2.45, 2.75) is 13.8 Å². The number of benzene rings is 5. The van der Waals surface area contributed by atoms with Gasteiger partial charge in [-0.2, -0.15) is 0 Å². The maximum Gasteiger partial charge on any atom is 0.153 e. The van der Waals surface area contributed by atoms with Crippen molar-refractivity contribution >= 4 is 39.8 Å². The number of ether oxygens (including phenoxy) is 3. The van der Waals surface area contributed by atoms with Crippen molar-refractivity contribution < 1.29 is 14.2 Å². The first-order valence-electron chi connectivity index (χ1n) is 14.0. The van der Waals surface area contributed by atoms with Crippen LogP contribution in [0.3, 0.4) is 0 Å². The summed E-state index contributed by atoms with van der Waals surface area (Å²) in [6.07, 6.45) is 4.10. The summed E-state index contributed by atoms with van der Waals surface area (Å²) in [7, 11) is 0. The van der Waals surface area contributed by atoms with E-state index in [1.165, 1.54) is 0 Å². The fourth-order valence-electron chi connectivity index (χ4n) is 5.78. The average Bonchev–Trinajstić information content (AvgIpc) is 3.02. The van der Waals surface area contributed by atoms with E-state index >= 15 is 0 Å². The third kappa shape index (κ3) is 3.80. The Morgan fingerprint density at radius 3 is 1.60 bits per heavy atom. The zero-order valence-electron chi connectivity index (χ0n) is 23.2. The van der Waals surface area contributed by atoms with Crippen LogP contribution in [0.15, 0.2) is 133 Å². The van der Waals surface area contributed by atoms with E-state index in [2.05, 4.69) is 75.8 Å².